The molecule has 0 spiro atoms. The number of benzene rings is 2. The minimum atomic E-state index is 0.443. The fourth-order valence-corrected chi connectivity index (χ4v) is 3.39. The summed E-state index contributed by atoms with van der Waals surface area (Å²) in [6, 6.07) is 19.6. The van der Waals surface area contributed by atoms with Gasteiger partial charge in [-0.2, -0.15) is 0 Å². The van der Waals surface area contributed by atoms with Crippen LogP contribution in [0.25, 0.3) is 0 Å². The van der Waals surface area contributed by atoms with E-state index in [9.17, 15) is 0 Å². The van der Waals surface area contributed by atoms with Crippen LogP contribution in [0.15, 0.2) is 54.6 Å². The molecule has 0 aromatic heterocycles. The zero-order chi connectivity index (χ0) is 16.9. The summed E-state index contributed by atoms with van der Waals surface area (Å²) < 4.78 is 0. The number of anilines is 1. The van der Waals surface area contributed by atoms with Crippen LogP contribution in [0.5, 0.6) is 0 Å². The van der Waals surface area contributed by atoms with Gasteiger partial charge in [-0.3, -0.25) is 0 Å². The highest BCUT2D eigenvalue weighted by molar-refractivity contribution is 7.80. The first-order chi connectivity index (χ1) is 11.6. The van der Waals surface area contributed by atoms with Crippen LogP contribution >= 0.6 is 12.2 Å². The van der Waals surface area contributed by atoms with E-state index in [4.69, 9.17) is 12.2 Å². The standard InChI is InChI=1S/C20H25N3S/c1-16-8-10-19(11-9-16)23-13-12-22(15-17(23)2)20(24)21-14-18-6-4-3-5-7-18/h3-11,17H,12-15H2,1-2H3,(H,21,24). The lowest BCUT2D eigenvalue weighted by molar-refractivity contribution is 0.334. The van der Waals surface area contributed by atoms with Crippen LogP contribution in [-0.2, 0) is 6.54 Å². The molecule has 24 heavy (non-hydrogen) atoms. The highest BCUT2D eigenvalue weighted by Crippen LogP contribution is 2.21. The van der Waals surface area contributed by atoms with Gasteiger partial charge in [-0.25, -0.2) is 0 Å². The molecule has 1 unspecified atom stereocenters. The minimum absolute atomic E-state index is 0.443. The van der Waals surface area contributed by atoms with Crippen LogP contribution < -0.4 is 10.2 Å². The van der Waals surface area contributed by atoms with Crippen molar-refractivity contribution < 1.29 is 0 Å². The second-order valence-corrected chi connectivity index (χ2v) is 6.85. The lowest BCUT2D eigenvalue weighted by atomic mass is 10.1. The minimum Gasteiger partial charge on any atom is -0.365 e. The Labute approximate surface area is 150 Å². The molecule has 1 aliphatic rings. The van der Waals surface area contributed by atoms with Crippen LogP contribution in [0.1, 0.15) is 18.1 Å². The Hall–Kier alpha value is -2.07. The van der Waals surface area contributed by atoms with Crippen molar-refractivity contribution in [2.75, 3.05) is 24.5 Å². The third-order valence-corrected chi connectivity index (χ3v) is 4.97. The van der Waals surface area contributed by atoms with Crippen LogP contribution in [-0.4, -0.2) is 35.7 Å². The molecule has 3 nitrogen and oxygen atoms in total. The summed E-state index contributed by atoms with van der Waals surface area (Å²) in [7, 11) is 0. The van der Waals surface area contributed by atoms with Gasteiger partial charge in [0.2, 0.25) is 0 Å². The monoisotopic (exact) mass is 339 g/mol. The Bertz CT molecular complexity index is 669. The molecule has 0 saturated carbocycles. The Morgan fingerprint density at radius 2 is 1.79 bits per heavy atom. The van der Waals surface area contributed by atoms with Crippen molar-refractivity contribution >= 4 is 23.0 Å². The Morgan fingerprint density at radius 3 is 2.46 bits per heavy atom. The van der Waals surface area contributed by atoms with Gasteiger partial charge in [0.1, 0.15) is 0 Å². The number of nitrogens with one attached hydrogen (secondary N) is 1. The molecule has 2 aromatic rings. The molecule has 1 heterocycles. The van der Waals surface area contributed by atoms with Gasteiger partial charge in [0, 0.05) is 37.9 Å². The van der Waals surface area contributed by atoms with Gasteiger partial charge in [-0.05, 0) is 43.8 Å². The van der Waals surface area contributed by atoms with E-state index < -0.39 is 0 Å². The molecule has 126 valence electrons. The van der Waals surface area contributed by atoms with Gasteiger partial charge < -0.3 is 15.1 Å². The van der Waals surface area contributed by atoms with E-state index in [0.29, 0.717) is 6.04 Å². The van der Waals surface area contributed by atoms with E-state index in [1.54, 1.807) is 0 Å². The van der Waals surface area contributed by atoms with Crippen molar-refractivity contribution in [3.8, 4) is 0 Å². The van der Waals surface area contributed by atoms with E-state index in [-0.39, 0.29) is 0 Å². The molecule has 0 bridgehead atoms. The smallest absolute Gasteiger partial charge is 0.169 e. The maximum atomic E-state index is 5.59. The Balaban J connectivity index is 1.54. The van der Waals surface area contributed by atoms with Crippen molar-refractivity contribution in [3.63, 3.8) is 0 Å². The maximum Gasteiger partial charge on any atom is 0.169 e. The Kier molecular flexibility index (Phi) is 5.36. The molecule has 4 heteroatoms. The number of hydrogen-bond donors (Lipinski definition) is 1. The highest BCUT2D eigenvalue weighted by Gasteiger charge is 2.25. The van der Waals surface area contributed by atoms with E-state index in [1.807, 2.05) is 6.07 Å². The van der Waals surface area contributed by atoms with Crippen molar-refractivity contribution in [1.82, 2.24) is 10.2 Å². The number of rotatable bonds is 3. The average Bonchev–Trinajstić information content (AvgIpc) is 2.61. The van der Waals surface area contributed by atoms with Gasteiger partial charge in [-0.1, -0.05) is 48.0 Å². The first-order valence-corrected chi connectivity index (χ1v) is 8.94. The molecule has 0 amide bonds. The lowest BCUT2D eigenvalue weighted by Crippen LogP contribution is -2.55. The zero-order valence-electron chi connectivity index (χ0n) is 14.4. The third-order valence-electron chi connectivity index (χ3n) is 4.57. The molecule has 1 saturated heterocycles. The number of piperazine rings is 1. The maximum absolute atomic E-state index is 5.59. The van der Waals surface area contributed by atoms with Gasteiger partial charge in [0.15, 0.2) is 5.11 Å². The van der Waals surface area contributed by atoms with Gasteiger partial charge in [0.25, 0.3) is 0 Å². The summed E-state index contributed by atoms with van der Waals surface area (Å²) in [4.78, 5) is 4.75. The molecule has 2 aromatic carbocycles. The number of nitrogens with zero attached hydrogens (tertiary/aromatic N) is 2. The molecule has 0 aliphatic carbocycles. The predicted molar refractivity (Wildman–Crippen MR) is 105 cm³/mol. The summed E-state index contributed by atoms with van der Waals surface area (Å²) >= 11 is 5.59. The summed E-state index contributed by atoms with van der Waals surface area (Å²) in [6.07, 6.45) is 0. The van der Waals surface area contributed by atoms with Crippen LogP contribution in [0.2, 0.25) is 0 Å². The van der Waals surface area contributed by atoms with Crippen LogP contribution in [0, 0.1) is 6.92 Å². The molecule has 1 fully saturated rings. The molecule has 1 atom stereocenters. The third kappa shape index (κ3) is 4.06. The summed E-state index contributed by atoms with van der Waals surface area (Å²) in [5.74, 6) is 0. The van der Waals surface area contributed by atoms with Crippen LogP contribution in [0.4, 0.5) is 5.69 Å². The van der Waals surface area contributed by atoms with E-state index in [0.717, 1.165) is 31.3 Å². The molecule has 0 radical (unpaired) electrons. The second kappa shape index (κ2) is 7.67. The van der Waals surface area contributed by atoms with E-state index in [2.05, 4.69) is 77.5 Å². The van der Waals surface area contributed by atoms with Gasteiger partial charge in [0.05, 0.1) is 0 Å². The second-order valence-electron chi connectivity index (χ2n) is 6.47. The van der Waals surface area contributed by atoms with Crippen molar-refractivity contribution in [2.45, 2.75) is 26.4 Å². The van der Waals surface area contributed by atoms with Gasteiger partial charge in [-0.15, -0.1) is 0 Å². The largest absolute Gasteiger partial charge is 0.365 e. The van der Waals surface area contributed by atoms with Crippen molar-refractivity contribution in [3.05, 3.63) is 65.7 Å². The molecule has 3 rings (SSSR count). The quantitative estimate of drug-likeness (QED) is 0.861. The molecular formula is C20H25N3S. The topological polar surface area (TPSA) is 18.5 Å². The first-order valence-electron chi connectivity index (χ1n) is 8.53. The predicted octanol–water partition coefficient (Wildman–Crippen LogP) is 3.58. The lowest BCUT2D eigenvalue weighted by Gasteiger charge is -2.42. The molecule has 1 N–H and O–H groups in total. The summed E-state index contributed by atoms with van der Waals surface area (Å²) in [5, 5.41) is 4.25. The van der Waals surface area contributed by atoms with E-state index in [1.165, 1.54) is 16.8 Å². The average molecular weight is 340 g/mol. The summed E-state index contributed by atoms with van der Waals surface area (Å²) in [6.45, 7) is 8.09. The highest BCUT2D eigenvalue weighted by atomic mass is 32.1. The fourth-order valence-electron chi connectivity index (χ4n) is 3.15. The molecule has 1 aliphatic heterocycles. The van der Waals surface area contributed by atoms with Crippen LogP contribution in [0.3, 0.4) is 0 Å². The van der Waals surface area contributed by atoms with Gasteiger partial charge >= 0.3 is 0 Å². The SMILES string of the molecule is Cc1ccc(N2CCN(C(=S)NCc3ccccc3)CC2C)cc1. The summed E-state index contributed by atoms with van der Waals surface area (Å²) in [5.41, 5.74) is 3.86. The normalized spacial score (nSPS) is 17.7. The molecular weight excluding hydrogens is 314 g/mol. The number of thiocarbonyl (C=S) groups is 1. The number of aryl methyl sites for hydroxylation is 1. The zero-order valence-corrected chi connectivity index (χ0v) is 15.2. The Morgan fingerprint density at radius 1 is 1.08 bits per heavy atom. The fraction of sp³-hybridized carbons (Fsp3) is 0.350. The van der Waals surface area contributed by atoms with Crippen molar-refractivity contribution in [2.24, 2.45) is 0 Å². The first kappa shape index (κ1) is 16.8. The van der Waals surface area contributed by atoms with E-state index >= 15 is 0 Å². The number of hydrogen-bond acceptors (Lipinski definition) is 2. The van der Waals surface area contributed by atoms with Crippen molar-refractivity contribution in [1.29, 1.82) is 0 Å².